The average molecular weight is 363 g/mol. The smallest absolute Gasteiger partial charge is 0.234 e. The average Bonchev–Trinajstić information content (AvgIpc) is 3.45. The summed E-state index contributed by atoms with van der Waals surface area (Å²) < 4.78 is 7.41. The van der Waals surface area contributed by atoms with E-state index in [1.54, 1.807) is 0 Å². The molecule has 25 heavy (non-hydrogen) atoms. The number of rotatable bonds is 6. The molecule has 128 valence electrons. The molecule has 0 N–H and O–H groups in total. The second kappa shape index (κ2) is 6.56. The monoisotopic (exact) mass is 362 g/mol. The minimum atomic E-state index is -2.13. The van der Waals surface area contributed by atoms with E-state index in [1.807, 2.05) is 0 Å². The lowest BCUT2D eigenvalue weighted by atomic mass is 10.5. The van der Waals surface area contributed by atoms with Crippen LogP contribution in [0.3, 0.4) is 0 Å². The van der Waals surface area contributed by atoms with Crippen molar-refractivity contribution >= 4 is 16.6 Å². The molecule has 0 atom stereocenters. The van der Waals surface area contributed by atoms with E-state index in [-0.39, 0.29) is 0 Å². The Kier molecular flexibility index (Phi) is 4.40. The van der Waals surface area contributed by atoms with E-state index in [4.69, 9.17) is 4.12 Å². The molecular formula is C22H26OSi2. The topological polar surface area (TPSA) is 9.23 Å². The Morgan fingerprint density at radius 2 is 0.840 bits per heavy atom. The molecule has 4 aliphatic carbocycles. The highest BCUT2D eigenvalue weighted by Crippen LogP contribution is 2.42. The highest BCUT2D eigenvalue weighted by Gasteiger charge is 2.48. The molecule has 0 unspecified atom stereocenters. The van der Waals surface area contributed by atoms with Gasteiger partial charge in [0.25, 0.3) is 0 Å². The molecule has 0 fully saturated rings. The van der Waals surface area contributed by atoms with E-state index in [0.717, 1.165) is 25.7 Å². The summed E-state index contributed by atoms with van der Waals surface area (Å²) in [6, 6.07) is 0. The lowest BCUT2D eigenvalue weighted by Crippen LogP contribution is -2.53. The van der Waals surface area contributed by atoms with E-state index >= 15 is 0 Å². The van der Waals surface area contributed by atoms with Crippen molar-refractivity contribution < 1.29 is 4.12 Å². The summed E-state index contributed by atoms with van der Waals surface area (Å²) in [6.45, 7) is 4.86. The molecule has 0 saturated carbocycles. The van der Waals surface area contributed by atoms with E-state index in [2.05, 4.69) is 86.0 Å². The maximum absolute atomic E-state index is 7.41. The summed E-state index contributed by atoms with van der Waals surface area (Å²) in [6.07, 6.45) is 31.4. The van der Waals surface area contributed by atoms with Crippen LogP contribution in [0.1, 0.15) is 25.7 Å². The molecule has 0 saturated heterocycles. The fourth-order valence-corrected chi connectivity index (χ4v) is 14.2. The van der Waals surface area contributed by atoms with Crippen LogP contribution in [0.4, 0.5) is 0 Å². The molecule has 0 heterocycles. The minimum Gasteiger partial charge on any atom is -0.443 e. The van der Waals surface area contributed by atoms with Crippen LogP contribution in [0.15, 0.2) is 93.7 Å². The largest absolute Gasteiger partial charge is 0.443 e. The van der Waals surface area contributed by atoms with Crippen molar-refractivity contribution in [2.75, 3.05) is 0 Å². The van der Waals surface area contributed by atoms with Gasteiger partial charge in [-0.3, -0.25) is 0 Å². The second-order valence-electron chi connectivity index (χ2n) is 7.47. The van der Waals surface area contributed by atoms with Gasteiger partial charge in [0.05, 0.1) is 0 Å². The Bertz CT molecular complexity index is 687. The Balaban J connectivity index is 1.73. The summed E-state index contributed by atoms with van der Waals surface area (Å²) in [5, 5.41) is 6.11. The minimum absolute atomic E-state index is 1.05. The van der Waals surface area contributed by atoms with Crippen molar-refractivity contribution in [3.05, 3.63) is 93.7 Å². The van der Waals surface area contributed by atoms with Gasteiger partial charge in [-0.15, -0.1) is 0 Å². The summed E-state index contributed by atoms with van der Waals surface area (Å²) in [4.78, 5) is 0. The Morgan fingerprint density at radius 3 is 1.04 bits per heavy atom. The molecule has 0 radical (unpaired) electrons. The lowest BCUT2D eigenvalue weighted by Gasteiger charge is -2.42. The van der Waals surface area contributed by atoms with Crippen LogP contribution in [0.5, 0.6) is 0 Å². The van der Waals surface area contributed by atoms with Crippen LogP contribution in [0.25, 0.3) is 0 Å². The first-order valence-electron chi connectivity index (χ1n) is 9.28. The van der Waals surface area contributed by atoms with Gasteiger partial charge in [-0.2, -0.15) is 0 Å². The molecule has 0 bridgehead atoms. The summed E-state index contributed by atoms with van der Waals surface area (Å²) in [5.74, 6) is 0. The highest BCUT2D eigenvalue weighted by atomic mass is 28.4. The number of hydrogen-bond donors (Lipinski definition) is 0. The third-order valence-electron chi connectivity index (χ3n) is 5.94. The fourth-order valence-electron chi connectivity index (χ4n) is 4.29. The van der Waals surface area contributed by atoms with Gasteiger partial charge in [-0.1, -0.05) is 72.9 Å². The van der Waals surface area contributed by atoms with Crippen LogP contribution >= 0.6 is 0 Å². The predicted molar refractivity (Wildman–Crippen MR) is 112 cm³/mol. The first kappa shape index (κ1) is 16.8. The van der Waals surface area contributed by atoms with Gasteiger partial charge in [-0.05, 0) is 59.6 Å². The summed E-state index contributed by atoms with van der Waals surface area (Å²) >= 11 is 0. The van der Waals surface area contributed by atoms with Crippen molar-refractivity contribution in [3.8, 4) is 0 Å². The molecule has 0 aromatic rings. The molecule has 4 aliphatic rings. The number of hydrogen-bond acceptors (Lipinski definition) is 1. The summed E-state index contributed by atoms with van der Waals surface area (Å²) in [7, 11) is -4.26. The Morgan fingerprint density at radius 1 is 0.560 bits per heavy atom. The third kappa shape index (κ3) is 2.90. The normalized spacial score (nSPS) is 21.8. The standard InChI is InChI=1S/C22H26OSi2/c1-24(19-11-3-4-12-19,20-13-5-6-14-20)23-25(2,21-15-7-8-16-21)22-17-9-10-18-22/h3-11,13,15,17H,12,14,16,18H2,1-2H3. The van der Waals surface area contributed by atoms with Gasteiger partial charge in [0.15, 0.2) is 0 Å². The van der Waals surface area contributed by atoms with Crippen LogP contribution in [0, 0.1) is 0 Å². The van der Waals surface area contributed by atoms with Gasteiger partial charge in [0, 0.05) is 0 Å². The molecule has 1 nitrogen and oxygen atoms in total. The molecule has 0 spiro atoms. The number of allylic oxidation sites excluding steroid dienone is 16. The van der Waals surface area contributed by atoms with Crippen LogP contribution in [0.2, 0.25) is 13.1 Å². The quantitative estimate of drug-likeness (QED) is 0.538. The van der Waals surface area contributed by atoms with Gasteiger partial charge in [-0.25, -0.2) is 0 Å². The van der Waals surface area contributed by atoms with Gasteiger partial charge >= 0.3 is 0 Å². The fraction of sp³-hybridized carbons (Fsp3) is 0.273. The van der Waals surface area contributed by atoms with Crippen molar-refractivity contribution in [1.82, 2.24) is 0 Å². The van der Waals surface area contributed by atoms with Crippen molar-refractivity contribution in [1.29, 1.82) is 0 Å². The SMILES string of the molecule is C[Si](O[Si](C)(C1=CC=CC1)C1=CC=CC1)(C1=CC=CC1)C1=CC=CC1. The van der Waals surface area contributed by atoms with E-state index in [0.29, 0.717) is 0 Å². The van der Waals surface area contributed by atoms with Crippen molar-refractivity contribution in [2.24, 2.45) is 0 Å². The molecular weight excluding hydrogens is 336 g/mol. The van der Waals surface area contributed by atoms with Crippen LogP contribution in [-0.4, -0.2) is 16.6 Å². The van der Waals surface area contributed by atoms with Gasteiger partial charge < -0.3 is 4.12 Å². The molecule has 0 aromatic carbocycles. The van der Waals surface area contributed by atoms with E-state index < -0.39 is 16.6 Å². The molecule has 0 aromatic heterocycles. The van der Waals surface area contributed by atoms with Gasteiger partial charge in [0.1, 0.15) is 0 Å². The Hall–Kier alpha value is -1.69. The van der Waals surface area contributed by atoms with Crippen molar-refractivity contribution in [3.63, 3.8) is 0 Å². The zero-order valence-electron chi connectivity index (χ0n) is 15.2. The maximum atomic E-state index is 7.41. The zero-order valence-corrected chi connectivity index (χ0v) is 17.2. The third-order valence-corrected chi connectivity index (χ3v) is 15.6. The summed E-state index contributed by atoms with van der Waals surface area (Å²) in [5.41, 5.74) is 0. The molecule has 0 amide bonds. The molecule has 3 heteroatoms. The lowest BCUT2D eigenvalue weighted by molar-refractivity contribution is 0.560. The van der Waals surface area contributed by atoms with Crippen LogP contribution in [-0.2, 0) is 4.12 Å². The first-order chi connectivity index (χ1) is 12.1. The van der Waals surface area contributed by atoms with E-state index in [9.17, 15) is 0 Å². The predicted octanol–water partition coefficient (Wildman–Crippen LogP) is 5.86. The Labute approximate surface area is 153 Å². The zero-order chi connectivity index (χ0) is 17.3. The van der Waals surface area contributed by atoms with Gasteiger partial charge in [0.2, 0.25) is 16.6 Å². The van der Waals surface area contributed by atoms with Crippen LogP contribution < -0.4 is 0 Å². The first-order valence-corrected chi connectivity index (χ1v) is 14.1. The second-order valence-corrected chi connectivity index (χ2v) is 15.0. The molecule has 0 aliphatic heterocycles. The highest BCUT2D eigenvalue weighted by molar-refractivity contribution is 6.99. The maximum Gasteiger partial charge on any atom is 0.234 e. The van der Waals surface area contributed by atoms with Crippen molar-refractivity contribution in [2.45, 2.75) is 38.8 Å². The van der Waals surface area contributed by atoms with E-state index in [1.165, 1.54) is 20.8 Å². The molecule has 4 rings (SSSR count).